The molecule has 0 fully saturated rings. The number of nitrogens with one attached hydrogen (secondary N) is 2. The van der Waals surface area contributed by atoms with Crippen molar-refractivity contribution >= 4 is 11.0 Å². The maximum absolute atomic E-state index is 4.82. The smallest absolute Gasteiger partial charge is 0.121 e. The van der Waals surface area contributed by atoms with Crippen molar-refractivity contribution in [2.75, 3.05) is 7.05 Å². The van der Waals surface area contributed by atoms with E-state index in [0.717, 1.165) is 42.8 Å². The van der Waals surface area contributed by atoms with Crippen LogP contribution in [0.3, 0.4) is 0 Å². The van der Waals surface area contributed by atoms with Gasteiger partial charge in [-0.15, -0.1) is 0 Å². The van der Waals surface area contributed by atoms with Crippen LogP contribution in [0.4, 0.5) is 0 Å². The lowest BCUT2D eigenvalue weighted by molar-refractivity contribution is 0.307. The number of nitrogens with zero attached hydrogens (tertiary/aromatic N) is 3. The summed E-state index contributed by atoms with van der Waals surface area (Å²) in [5.41, 5.74) is 8.80. The van der Waals surface area contributed by atoms with Crippen LogP contribution in [-0.2, 0) is 25.9 Å². The van der Waals surface area contributed by atoms with Gasteiger partial charge in [0.25, 0.3) is 0 Å². The Hall–Kier alpha value is -2.14. The van der Waals surface area contributed by atoms with Crippen molar-refractivity contribution in [2.45, 2.75) is 59.0 Å². The summed E-state index contributed by atoms with van der Waals surface area (Å²) in [5, 5.41) is 7.86. The first kappa shape index (κ1) is 16.3. The van der Waals surface area contributed by atoms with Crippen molar-refractivity contribution in [3.05, 3.63) is 46.0 Å². The van der Waals surface area contributed by atoms with Gasteiger partial charge in [-0.25, -0.2) is 4.98 Å². The van der Waals surface area contributed by atoms with Crippen molar-refractivity contribution < 1.29 is 0 Å². The highest BCUT2D eigenvalue weighted by molar-refractivity contribution is 5.79. The first-order valence-corrected chi connectivity index (χ1v) is 9.30. The number of aryl methyl sites for hydroxylation is 3. The van der Waals surface area contributed by atoms with Crippen LogP contribution in [0.2, 0.25) is 0 Å². The van der Waals surface area contributed by atoms with E-state index < -0.39 is 0 Å². The molecule has 0 unspecified atom stereocenters. The first-order chi connectivity index (χ1) is 12.1. The molecule has 1 aliphatic rings. The molecule has 0 saturated carbocycles. The molecule has 0 amide bonds. The van der Waals surface area contributed by atoms with E-state index in [4.69, 9.17) is 4.98 Å². The Morgan fingerprint density at radius 3 is 2.80 bits per heavy atom. The van der Waals surface area contributed by atoms with Crippen LogP contribution >= 0.6 is 0 Å². The van der Waals surface area contributed by atoms with Gasteiger partial charge in [0, 0.05) is 12.2 Å². The van der Waals surface area contributed by atoms with Crippen LogP contribution in [0, 0.1) is 13.8 Å². The van der Waals surface area contributed by atoms with E-state index in [1.807, 2.05) is 0 Å². The van der Waals surface area contributed by atoms with Crippen molar-refractivity contribution in [3.63, 3.8) is 0 Å². The molecule has 25 heavy (non-hydrogen) atoms. The van der Waals surface area contributed by atoms with Gasteiger partial charge in [0.05, 0.1) is 23.3 Å². The number of benzene rings is 1. The molecule has 132 valence electrons. The Morgan fingerprint density at radius 2 is 1.92 bits per heavy atom. The Morgan fingerprint density at radius 1 is 1.08 bits per heavy atom. The molecule has 4 rings (SSSR count). The summed E-state index contributed by atoms with van der Waals surface area (Å²) < 4.78 is 0. The molecule has 2 aromatic heterocycles. The number of hydrogen-bond donors (Lipinski definition) is 2. The highest BCUT2D eigenvalue weighted by Crippen LogP contribution is 2.23. The lowest BCUT2D eigenvalue weighted by Crippen LogP contribution is -2.19. The van der Waals surface area contributed by atoms with E-state index in [-0.39, 0.29) is 0 Å². The zero-order valence-corrected chi connectivity index (χ0v) is 15.4. The first-order valence-electron chi connectivity index (χ1n) is 9.30. The SMILES string of the molecule is Cc1ccc2[nH]c(CN(C)Cc3n[nH]c4c3CCCCC4)nc2c1C. The van der Waals surface area contributed by atoms with Crippen LogP contribution in [0.5, 0.6) is 0 Å². The quantitative estimate of drug-likeness (QED) is 0.712. The summed E-state index contributed by atoms with van der Waals surface area (Å²) in [6.07, 6.45) is 6.20. The maximum Gasteiger partial charge on any atom is 0.121 e. The molecule has 0 radical (unpaired) electrons. The summed E-state index contributed by atoms with van der Waals surface area (Å²) in [6.45, 7) is 5.94. The average molecular weight is 337 g/mol. The molecule has 0 spiro atoms. The molecular weight excluding hydrogens is 310 g/mol. The molecule has 0 aliphatic heterocycles. The molecule has 2 N–H and O–H groups in total. The third kappa shape index (κ3) is 3.21. The number of hydrogen-bond acceptors (Lipinski definition) is 3. The van der Waals surface area contributed by atoms with Gasteiger partial charge in [-0.2, -0.15) is 5.10 Å². The largest absolute Gasteiger partial charge is 0.341 e. The fraction of sp³-hybridized carbons (Fsp3) is 0.500. The maximum atomic E-state index is 4.82. The normalized spacial score (nSPS) is 14.9. The molecule has 0 saturated heterocycles. The summed E-state index contributed by atoms with van der Waals surface area (Å²) in [6, 6.07) is 4.28. The lowest BCUT2D eigenvalue weighted by atomic mass is 10.1. The molecule has 3 aromatic rings. The molecule has 1 aromatic carbocycles. The predicted octanol–water partition coefficient (Wildman–Crippen LogP) is 3.80. The number of aromatic nitrogens is 4. The second-order valence-corrected chi connectivity index (χ2v) is 7.45. The molecule has 0 atom stereocenters. The Kier molecular flexibility index (Phi) is 4.34. The summed E-state index contributed by atoms with van der Waals surface area (Å²) in [5.74, 6) is 1.02. The summed E-state index contributed by atoms with van der Waals surface area (Å²) >= 11 is 0. The molecular formula is C20H27N5. The minimum Gasteiger partial charge on any atom is -0.341 e. The van der Waals surface area contributed by atoms with Crippen molar-refractivity contribution in [1.29, 1.82) is 0 Å². The van der Waals surface area contributed by atoms with E-state index >= 15 is 0 Å². The highest BCUT2D eigenvalue weighted by Gasteiger charge is 2.17. The van der Waals surface area contributed by atoms with Gasteiger partial charge < -0.3 is 4.98 Å². The monoisotopic (exact) mass is 337 g/mol. The number of aromatic amines is 2. The van der Waals surface area contributed by atoms with Crippen molar-refractivity contribution in [3.8, 4) is 0 Å². The zero-order chi connectivity index (χ0) is 17.4. The fourth-order valence-electron chi connectivity index (χ4n) is 3.86. The van der Waals surface area contributed by atoms with E-state index in [2.05, 4.69) is 53.1 Å². The summed E-state index contributed by atoms with van der Waals surface area (Å²) in [7, 11) is 2.14. The second kappa shape index (κ2) is 6.64. The fourth-order valence-corrected chi connectivity index (χ4v) is 3.86. The minimum absolute atomic E-state index is 0.800. The Bertz CT molecular complexity index is 889. The Labute approximate surface area is 148 Å². The summed E-state index contributed by atoms with van der Waals surface area (Å²) in [4.78, 5) is 10.6. The molecule has 1 aliphatic carbocycles. The number of rotatable bonds is 4. The highest BCUT2D eigenvalue weighted by atomic mass is 15.2. The van der Waals surface area contributed by atoms with Gasteiger partial charge in [0.2, 0.25) is 0 Å². The third-order valence-corrected chi connectivity index (χ3v) is 5.46. The van der Waals surface area contributed by atoms with Crippen molar-refractivity contribution in [1.82, 2.24) is 25.1 Å². The molecule has 2 heterocycles. The van der Waals surface area contributed by atoms with Gasteiger partial charge in [-0.3, -0.25) is 10.00 Å². The predicted molar refractivity (Wildman–Crippen MR) is 101 cm³/mol. The molecule has 0 bridgehead atoms. The Balaban J connectivity index is 1.50. The topological polar surface area (TPSA) is 60.6 Å². The average Bonchev–Trinajstić information content (AvgIpc) is 3.07. The van der Waals surface area contributed by atoms with E-state index in [0.29, 0.717) is 0 Å². The van der Waals surface area contributed by atoms with Gasteiger partial charge in [-0.05, 0) is 69.3 Å². The van der Waals surface area contributed by atoms with Crippen molar-refractivity contribution in [2.24, 2.45) is 0 Å². The van der Waals surface area contributed by atoms with Gasteiger partial charge >= 0.3 is 0 Å². The van der Waals surface area contributed by atoms with E-state index in [1.54, 1.807) is 0 Å². The number of fused-ring (bicyclic) bond motifs is 2. The van der Waals surface area contributed by atoms with E-state index in [9.17, 15) is 0 Å². The van der Waals surface area contributed by atoms with Gasteiger partial charge in [0.1, 0.15) is 5.82 Å². The number of H-pyrrole nitrogens is 2. The lowest BCUT2D eigenvalue weighted by Gasteiger charge is -2.14. The third-order valence-electron chi connectivity index (χ3n) is 5.46. The van der Waals surface area contributed by atoms with Crippen LogP contribution in [-0.4, -0.2) is 32.1 Å². The van der Waals surface area contributed by atoms with Crippen LogP contribution in [0.25, 0.3) is 11.0 Å². The minimum atomic E-state index is 0.800. The zero-order valence-electron chi connectivity index (χ0n) is 15.4. The van der Waals surface area contributed by atoms with Crippen LogP contribution < -0.4 is 0 Å². The number of imidazole rings is 1. The second-order valence-electron chi connectivity index (χ2n) is 7.45. The van der Waals surface area contributed by atoms with Crippen LogP contribution in [0.1, 0.15) is 53.2 Å². The molecule has 5 heteroatoms. The van der Waals surface area contributed by atoms with Gasteiger partial charge in [-0.1, -0.05) is 12.5 Å². The van der Waals surface area contributed by atoms with Crippen LogP contribution in [0.15, 0.2) is 12.1 Å². The molecule has 5 nitrogen and oxygen atoms in total. The van der Waals surface area contributed by atoms with E-state index in [1.165, 1.54) is 47.3 Å². The van der Waals surface area contributed by atoms with Gasteiger partial charge in [0.15, 0.2) is 0 Å². The standard InChI is InChI=1S/C20H27N5/c1-13-9-10-17-20(14(13)2)22-19(21-17)12-25(3)11-18-15-7-5-4-6-8-16(15)23-24-18/h9-10H,4-8,11-12H2,1-3H3,(H,21,22)(H,23,24).